The zero-order valence-corrected chi connectivity index (χ0v) is 19.3. The Morgan fingerprint density at radius 1 is 1.06 bits per heavy atom. The van der Waals surface area contributed by atoms with E-state index in [1.54, 1.807) is 0 Å². The number of aliphatic hydroxyl groups is 1. The van der Waals surface area contributed by atoms with Crippen molar-refractivity contribution in [2.75, 3.05) is 18.0 Å². The highest BCUT2D eigenvalue weighted by Crippen LogP contribution is 2.38. The number of piperidine rings is 1. The van der Waals surface area contributed by atoms with Crippen molar-refractivity contribution in [3.8, 4) is 0 Å². The lowest BCUT2D eigenvalue weighted by atomic mass is 9.82. The van der Waals surface area contributed by atoms with E-state index in [9.17, 15) is 14.7 Å². The van der Waals surface area contributed by atoms with Crippen LogP contribution in [0.4, 0.5) is 5.82 Å². The quantitative estimate of drug-likeness (QED) is 0.756. The molecule has 3 fully saturated rings. The molecular weight excluding hydrogens is 404 g/mol. The van der Waals surface area contributed by atoms with Crippen LogP contribution in [0.3, 0.4) is 0 Å². The van der Waals surface area contributed by atoms with Gasteiger partial charge >= 0.3 is 0 Å². The first kappa shape index (κ1) is 21.8. The van der Waals surface area contributed by atoms with E-state index in [-0.39, 0.29) is 24.3 Å². The third-order valence-corrected chi connectivity index (χ3v) is 7.88. The minimum Gasteiger partial charge on any atom is -0.389 e. The number of hydrogen-bond donors (Lipinski definition) is 1. The summed E-state index contributed by atoms with van der Waals surface area (Å²) >= 11 is 0. The third kappa shape index (κ3) is 4.41. The van der Waals surface area contributed by atoms with Crippen LogP contribution in [0.2, 0.25) is 0 Å². The summed E-state index contributed by atoms with van der Waals surface area (Å²) in [5.41, 5.74) is 1.15. The van der Waals surface area contributed by atoms with Gasteiger partial charge in [-0.15, -0.1) is 0 Å². The number of aromatic nitrogens is 2. The van der Waals surface area contributed by atoms with Gasteiger partial charge in [-0.1, -0.05) is 19.3 Å². The molecule has 1 saturated heterocycles. The van der Waals surface area contributed by atoms with Crippen LogP contribution >= 0.6 is 0 Å². The molecule has 1 atom stereocenters. The van der Waals surface area contributed by atoms with Gasteiger partial charge in [-0.2, -0.15) is 0 Å². The monoisotopic (exact) mass is 440 g/mol. The van der Waals surface area contributed by atoms with Crippen molar-refractivity contribution in [1.29, 1.82) is 0 Å². The van der Waals surface area contributed by atoms with Crippen LogP contribution in [0.15, 0.2) is 0 Å². The Balaban J connectivity index is 1.42. The van der Waals surface area contributed by atoms with E-state index >= 15 is 0 Å². The van der Waals surface area contributed by atoms with Crippen LogP contribution in [0.5, 0.6) is 0 Å². The first-order valence-electron chi connectivity index (χ1n) is 12.6. The lowest BCUT2D eigenvalue weighted by Gasteiger charge is -2.39. The summed E-state index contributed by atoms with van der Waals surface area (Å²) in [5, 5.41) is 11.0. The summed E-state index contributed by atoms with van der Waals surface area (Å²) < 4.78 is 0. The second-order valence-corrected chi connectivity index (χ2v) is 10.5. The van der Waals surface area contributed by atoms with E-state index in [2.05, 4.69) is 0 Å². The lowest BCUT2D eigenvalue weighted by Crippen LogP contribution is -2.45. The van der Waals surface area contributed by atoms with Crippen LogP contribution < -0.4 is 4.90 Å². The summed E-state index contributed by atoms with van der Waals surface area (Å²) in [5.74, 6) is 2.21. The number of nitrogens with zero attached hydrogens (tertiary/aromatic N) is 4. The summed E-state index contributed by atoms with van der Waals surface area (Å²) in [6.45, 7) is 3.45. The third-order valence-electron chi connectivity index (χ3n) is 7.88. The molecular formula is C25H36N4O3. The van der Waals surface area contributed by atoms with E-state index < -0.39 is 5.60 Å². The smallest absolute Gasteiger partial charge is 0.228 e. The predicted molar refractivity (Wildman–Crippen MR) is 121 cm³/mol. The van der Waals surface area contributed by atoms with E-state index in [0.29, 0.717) is 44.0 Å². The topological polar surface area (TPSA) is 86.6 Å². The lowest BCUT2D eigenvalue weighted by molar-refractivity contribution is -0.142. The summed E-state index contributed by atoms with van der Waals surface area (Å²) in [4.78, 5) is 39.7. The molecule has 2 amide bonds. The minimum atomic E-state index is -0.864. The van der Waals surface area contributed by atoms with Crippen molar-refractivity contribution in [2.45, 2.75) is 102 Å². The summed E-state index contributed by atoms with van der Waals surface area (Å²) in [6.07, 6.45) is 11.2. The molecule has 0 aromatic carbocycles. The molecule has 7 nitrogen and oxygen atoms in total. The Bertz CT molecular complexity index is 891. The number of likely N-dealkylation sites (tertiary alicyclic amines) is 1. The van der Waals surface area contributed by atoms with E-state index in [1.807, 2.05) is 16.7 Å². The zero-order valence-electron chi connectivity index (χ0n) is 19.3. The van der Waals surface area contributed by atoms with E-state index in [1.165, 1.54) is 12.8 Å². The van der Waals surface area contributed by atoms with Gasteiger partial charge in [0.05, 0.1) is 18.1 Å². The molecule has 5 rings (SSSR count). The molecule has 174 valence electrons. The number of carbonyl (C=O) groups excluding carboxylic acids is 2. The van der Waals surface area contributed by atoms with Crippen molar-refractivity contribution >= 4 is 17.6 Å². The first-order chi connectivity index (χ1) is 15.4. The first-order valence-corrected chi connectivity index (χ1v) is 12.6. The van der Waals surface area contributed by atoms with Gasteiger partial charge in [0, 0.05) is 30.8 Å². The van der Waals surface area contributed by atoms with Crippen molar-refractivity contribution < 1.29 is 14.7 Å². The Kier molecular flexibility index (Phi) is 5.95. The average molecular weight is 441 g/mol. The Hall–Kier alpha value is -2.02. The van der Waals surface area contributed by atoms with Crippen molar-refractivity contribution in [2.24, 2.45) is 5.92 Å². The van der Waals surface area contributed by atoms with Gasteiger partial charge in [0.2, 0.25) is 11.8 Å². The molecule has 32 heavy (non-hydrogen) atoms. The molecule has 1 aromatic heterocycles. The molecule has 0 bridgehead atoms. The van der Waals surface area contributed by atoms with Crippen LogP contribution in [-0.2, 0) is 16.0 Å². The van der Waals surface area contributed by atoms with Gasteiger partial charge in [-0.3, -0.25) is 14.5 Å². The van der Waals surface area contributed by atoms with Crippen molar-refractivity contribution in [3.63, 3.8) is 0 Å². The molecule has 1 aromatic rings. The molecule has 1 N–H and O–H groups in total. The Morgan fingerprint density at radius 3 is 2.59 bits per heavy atom. The van der Waals surface area contributed by atoms with Crippen LogP contribution in [0, 0.1) is 12.8 Å². The number of carbonyl (C=O) groups is 2. The SMILES string of the molecule is Cc1nc([C@H]2CCCCN2C(=O)CC2(O)CCCCC2)nc2c1CCC(=O)N2CC1CC1. The van der Waals surface area contributed by atoms with E-state index in [0.717, 1.165) is 62.1 Å². The largest absolute Gasteiger partial charge is 0.389 e. The molecule has 0 spiro atoms. The van der Waals surface area contributed by atoms with Crippen LogP contribution in [0.25, 0.3) is 0 Å². The standard InChI is InChI=1S/C25H36N4O3/c1-17-19-10-11-21(30)29(16-18-8-9-18)24(19)27-23(26-17)20-7-3-6-14-28(20)22(31)15-25(32)12-4-2-5-13-25/h18,20,32H,2-16H2,1H3/t20-/m1/s1. The number of hydrogen-bond acceptors (Lipinski definition) is 5. The van der Waals surface area contributed by atoms with Gasteiger partial charge in [0.15, 0.2) is 5.82 Å². The molecule has 3 heterocycles. The molecule has 0 unspecified atom stereocenters. The molecule has 4 aliphatic rings. The normalized spacial score (nSPS) is 25.6. The molecule has 2 aliphatic heterocycles. The fourth-order valence-electron chi connectivity index (χ4n) is 5.77. The van der Waals surface area contributed by atoms with Gasteiger partial charge in [-0.25, -0.2) is 9.97 Å². The number of rotatable bonds is 5. The maximum atomic E-state index is 13.3. The van der Waals surface area contributed by atoms with Crippen molar-refractivity contribution in [3.05, 3.63) is 17.1 Å². The average Bonchev–Trinajstić information content (AvgIpc) is 3.60. The molecule has 0 radical (unpaired) electrons. The second kappa shape index (κ2) is 8.73. The van der Waals surface area contributed by atoms with Gasteiger partial charge in [0.25, 0.3) is 0 Å². The zero-order chi connectivity index (χ0) is 22.3. The molecule has 2 saturated carbocycles. The fraction of sp³-hybridized carbons (Fsp3) is 0.760. The van der Waals surface area contributed by atoms with E-state index in [4.69, 9.17) is 9.97 Å². The van der Waals surface area contributed by atoms with Crippen molar-refractivity contribution in [1.82, 2.24) is 14.9 Å². The highest BCUT2D eigenvalue weighted by molar-refractivity contribution is 5.95. The molecule has 2 aliphatic carbocycles. The number of aryl methyl sites for hydroxylation is 1. The number of fused-ring (bicyclic) bond motifs is 1. The van der Waals surface area contributed by atoms with Crippen LogP contribution in [0.1, 0.15) is 100 Å². The summed E-state index contributed by atoms with van der Waals surface area (Å²) in [6, 6.07) is -0.174. The van der Waals surface area contributed by atoms with Gasteiger partial charge in [0.1, 0.15) is 5.82 Å². The van der Waals surface area contributed by atoms with Gasteiger partial charge < -0.3 is 10.0 Å². The second-order valence-electron chi connectivity index (χ2n) is 10.5. The Labute approximate surface area is 190 Å². The van der Waals surface area contributed by atoms with Gasteiger partial charge in [-0.05, 0) is 64.2 Å². The minimum absolute atomic E-state index is 0.0176. The fourth-order valence-corrected chi connectivity index (χ4v) is 5.77. The number of anilines is 1. The van der Waals surface area contributed by atoms with Crippen LogP contribution in [-0.4, -0.2) is 50.5 Å². The Morgan fingerprint density at radius 2 is 1.84 bits per heavy atom. The maximum absolute atomic E-state index is 13.3. The maximum Gasteiger partial charge on any atom is 0.228 e. The molecule has 7 heteroatoms. The summed E-state index contributed by atoms with van der Waals surface area (Å²) in [7, 11) is 0. The number of amides is 2. The highest BCUT2D eigenvalue weighted by atomic mass is 16.3. The highest BCUT2D eigenvalue weighted by Gasteiger charge is 2.38. The predicted octanol–water partition coefficient (Wildman–Crippen LogP) is 3.61.